The fraction of sp³-hybridized carbons (Fsp3) is 0.0870. The van der Waals surface area contributed by atoms with Gasteiger partial charge in [-0.1, -0.05) is 72.5 Å². The van der Waals surface area contributed by atoms with Crippen LogP contribution in [-0.2, 0) is 6.42 Å². The molecule has 0 aliphatic heterocycles. The summed E-state index contributed by atoms with van der Waals surface area (Å²) in [6.07, 6.45) is 0.412. The third kappa shape index (κ3) is 4.00. The van der Waals surface area contributed by atoms with Gasteiger partial charge in [0.1, 0.15) is 0 Å². The van der Waals surface area contributed by atoms with Gasteiger partial charge >= 0.3 is 0 Å². The van der Waals surface area contributed by atoms with Gasteiger partial charge in [-0.3, -0.25) is 4.79 Å². The standard InChI is InChI=1S/C23H18O/c1-18-12-14-22(23(24)16-20-10-6-3-7-11-20)17-21(18)15-13-19-8-4-2-5-9-19/h2-12,14,17H,16H2,1H3. The lowest BCUT2D eigenvalue weighted by molar-refractivity contribution is 0.0993. The Balaban J connectivity index is 1.84. The quantitative estimate of drug-likeness (QED) is 0.501. The van der Waals surface area contributed by atoms with Crippen molar-refractivity contribution in [3.63, 3.8) is 0 Å². The van der Waals surface area contributed by atoms with Crippen molar-refractivity contribution in [2.75, 3.05) is 0 Å². The number of aryl methyl sites for hydroxylation is 1. The molecule has 3 aromatic carbocycles. The summed E-state index contributed by atoms with van der Waals surface area (Å²) in [5.74, 6) is 6.46. The first-order valence-electron chi connectivity index (χ1n) is 7.97. The van der Waals surface area contributed by atoms with Gasteiger partial charge in [-0.25, -0.2) is 0 Å². The first-order valence-corrected chi connectivity index (χ1v) is 7.97. The molecule has 0 aliphatic carbocycles. The Labute approximate surface area is 143 Å². The molecule has 3 rings (SSSR count). The van der Waals surface area contributed by atoms with Crippen molar-refractivity contribution in [2.45, 2.75) is 13.3 Å². The van der Waals surface area contributed by atoms with Crippen molar-refractivity contribution in [1.82, 2.24) is 0 Å². The Hall–Kier alpha value is -3.11. The number of hydrogen-bond donors (Lipinski definition) is 0. The van der Waals surface area contributed by atoms with Gasteiger partial charge < -0.3 is 0 Å². The normalized spacial score (nSPS) is 9.88. The summed E-state index contributed by atoms with van der Waals surface area (Å²) in [4.78, 5) is 12.5. The third-order valence-electron chi connectivity index (χ3n) is 3.88. The number of rotatable bonds is 3. The summed E-state index contributed by atoms with van der Waals surface area (Å²) in [6.45, 7) is 2.01. The summed E-state index contributed by atoms with van der Waals surface area (Å²) < 4.78 is 0. The second-order valence-corrected chi connectivity index (χ2v) is 5.73. The lowest BCUT2D eigenvalue weighted by Gasteiger charge is -2.04. The molecule has 0 bridgehead atoms. The number of Topliss-reactive ketones (excluding diaryl/α,β-unsaturated/α-hetero) is 1. The van der Waals surface area contributed by atoms with Crippen LogP contribution in [-0.4, -0.2) is 5.78 Å². The molecule has 0 aromatic heterocycles. The number of hydrogen-bond acceptors (Lipinski definition) is 1. The van der Waals surface area contributed by atoms with Crippen LogP contribution in [0.2, 0.25) is 0 Å². The topological polar surface area (TPSA) is 17.1 Å². The summed E-state index contributed by atoms with van der Waals surface area (Å²) >= 11 is 0. The van der Waals surface area contributed by atoms with E-state index in [0.717, 1.165) is 22.3 Å². The lowest BCUT2D eigenvalue weighted by Crippen LogP contribution is -2.04. The van der Waals surface area contributed by atoms with Crippen LogP contribution in [0.25, 0.3) is 0 Å². The van der Waals surface area contributed by atoms with Crippen LogP contribution in [0.4, 0.5) is 0 Å². The van der Waals surface area contributed by atoms with Gasteiger partial charge in [-0.15, -0.1) is 0 Å². The molecule has 0 atom stereocenters. The van der Waals surface area contributed by atoms with Crippen LogP contribution >= 0.6 is 0 Å². The van der Waals surface area contributed by atoms with Gasteiger partial charge in [-0.05, 0) is 36.2 Å². The van der Waals surface area contributed by atoms with Crippen molar-refractivity contribution in [3.8, 4) is 11.8 Å². The van der Waals surface area contributed by atoms with Crippen molar-refractivity contribution in [3.05, 3.63) is 107 Å². The average Bonchev–Trinajstić information content (AvgIpc) is 2.62. The molecular weight excluding hydrogens is 292 g/mol. The van der Waals surface area contributed by atoms with Crippen LogP contribution < -0.4 is 0 Å². The summed E-state index contributed by atoms with van der Waals surface area (Å²) in [7, 11) is 0. The molecule has 1 nitrogen and oxygen atoms in total. The summed E-state index contributed by atoms with van der Waals surface area (Å²) in [5, 5.41) is 0. The highest BCUT2D eigenvalue weighted by Gasteiger charge is 2.08. The maximum atomic E-state index is 12.5. The SMILES string of the molecule is Cc1ccc(C(=O)Cc2ccccc2)cc1C#Cc1ccccc1. The van der Waals surface area contributed by atoms with Gasteiger partial charge in [0.05, 0.1) is 0 Å². The smallest absolute Gasteiger partial charge is 0.167 e. The van der Waals surface area contributed by atoms with E-state index in [9.17, 15) is 4.79 Å². The van der Waals surface area contributed by atoms with E-state index in [0.29, 0.717) is 12.0 Å². The highest BCUT2D eigenvalue weighted by Crippen LogP contribution is 2.13. The monoisotopic (exact) mass is 310 g/mol. The molecule has 0 amide bonds. The zero-order valence-corrected chi connectivity index (χ0v) is 13.6. The van der Waals surface area contributed by atoms with Crippen molar-refractivity contribution < 1.29 is 4.79 Å². The van der Waals surface area contributed by atoms with Gasteiger partial charge in [0, 0.05) is 23.1 Å². The zero-order chi connectivity index (χ0) is 16.8. The Morgan fingerprint density at radius 3 is 2.21 bits per heavy atom. The minimum Gasteiger partial charge on any atom is -0.294 e. The molecule has 0 radical (unpaired) electrons. The second kappa shape index (κ2) is 7.44. The molecule has 1 heteroatoms. The molecule has 0 heterocycles. The van der Waals surface area contributed by atoms with E-state index in [-0.39, 0.29) is 5.78 Å². The predicted molar refractivity (Wildman–Crippen MR) is 98.1 cm³/mol. The Kier molecular flexibility index (Phi) is 4.89. The first-order chi connectivity index (χ1) is 11.7. The molecule has 0 fully saturated rings. The maximum Gasteiger partial charge on any atom is 0.167 e. The fourth-order valence-corrected chi connectivity index (χ4v) is 2.47. The van der Waals surface area contributed by atoms with E-state index in [1.807, 2.05) is 85.8 Å². The van der Waals surface area contributed by atoms with E-state index in [1.54, 1.807) is 0 Å². The van der Waals surface area contributed by atoms with Crippen molar-refractivity contribution in [2.24, 2.45) is 0 Å². The van der Waals surface area contributed by atoms with Gasteiger partial charge in [0.25, 0.3) is 0 Å². The molecule has 0 unspecified atom stereocenters. The number of benzene rings is 3. The molecule has 3 aromatic rings. The Morgan fingerprint density at radius 1 is 0.833 bits per heavy atom. The molecule has 0 spiro atoms. The summed E-state index contributed by atoms with van der Waals surface area (Å²) in [6, 6.07) is 25.4. The minimum absolute atomic E-state index is 0.115. The van der Waals surface area contributed by atoms with Gasteiger partial charge in [0.15, 0.2) is 5.78 Å². The molecule has 0 N–H and O–H groups in total. The molecule has 0 aliphatic rings. The number of carbonyl (C=O) groups excluding carboxylic acids is 1. The van der Waals surface area contributed by atoms with E-state index in [2.05, 4.69) is 11.8 Å². The van der Waals surface area contributed by atoms with Crippen LogP contribution in [0, 0.1) is 18.8 Å². The maximum absolute atomic E-state index is 12.5. The molecule has 0 saturated carbocycles. The largest absolute Gasteiger partial charge is 0.294 e. The van der Waals surface area contributed by atoms with E-state index in [4.69, 9.17) is 0 Å². The Morgan fingerprint density at radius 2 is 1.50 bits per heavy atom. The van der Waals surface area contributed by atoms with Crippen LogP contribution in [0.15, 0.2) is 78.9 Å². The van der Waals surface area contributed by atoms with Gasteiger partial charge in [-0.2, -0.15) is 0 Å². The minimum atomic E-state index is 0.115. The number of carbonyl (C=O) groups is 1. The van der Waals surface area contributed by atoms with E-state index >= 15 is 0 Å². The lowest BCUT2D eigenvalue weighted by atomic mass is 9.99. The van der Waals surface area contributed by atoms with Crippen LogP contribution in [0.3, 0.4) is 0 Å². The molecule has 24 heavy (non-hydrogen) atoms. The highest BCUT2D eigenvalue weighted by molar-refractivity contribution is 5.97. The zero-order valence-electron chi connectivity index (χ0n) is 13.6. The molecular formula is C23H18O. The van der Waals surface area contributed by atoms with Gasteiger partial charge in [0.2, 0.25) is 0 Å². The Bertz CT molecular complexity index is 897. The third-order valence-corrected chi connectivity index (χ3v) is 3.88. The van der Waals surface area contributed by atoms with E-state index < -0.39 is 0 Å². The molecule has 116 valence electrons. The first kappa shape index (κ1) is 15.8. The van der Waals surface area contributed by atoms with Crippen molar-refractivity contribution in [1.29, 1.82) is 0 Å². The average molecular weight is 310 g/mol. The highest BCUT2D eigenvalue weighted by atomic mass is 16.1. The van der Waals surface area contributed by atoms with Crippen LogP contribution in [0.5, 0.6) is 0 Å². The summed E-state index contributed by atoms with van der Waals surface area (Å²) in [5.41, 5.74) is 4.69. The van der Waals surface area contributed by atoms with E-state index in [1.165, 1.54) is 0 Å². The van der Waals surface area contributed by atoms with Crippen molar-refractivity contribution >= 4 is 5.78 Å². The number of ketones is 1. The molecule has 0 saturated heterocycles. The predicted octanol–water partition coefficient (Wildman–Crippen LogP) is 4.82. The fourth-order valence-electron chi connectivity index (χ4n) is 2.47. The van der Waals surface area contributed by atoms with Crippen LogP contribution in [0.1, 0.15) is 32.6 Å². The second-order valence-electron chi connectivity index (χ2n) is 5.73.